The second kappa shape index (κ2) is 8.32. The predicted octanol–water partition coefficient (Wildman–Crippen LogP) is 2.96. The number of nitrogens with zero attached hydrogens (tertiary/aromatic N) is 4. The molecule has 134 valence electrons. The molecule has 0 saturated heterocycles. The molecule has 0 aliphatic heterocycles. The Hall–Kier alpha value is -1.83. The van der Waals surface area contributed by atoms with Gasteiger partial charge in [0.2, 0.25) is 11.8 Å². The molecule has 0 radical (unpaired) electrons. The molecule has 1 heterocycles. The maximum Gasteiger partial charge on any atom is 0.293 e. The van der Waals surface area contributed by atoms with E-state index in [1.807, 2.05) is 13.8 Å². The van der Waals surface area contributed by atoms with E-state index in [-0.39, 0.29) is 23.6 Å². The minimum absolute atomic E-state index is 0.184. The van der Waals surface area contributed by atoms with E-state index in [9.17, 15) is 14.4 Å². The number of hydrogen-bond acceptors (Lipinski definition) is 6. The van der Waals surface area contributed by atoms with Gasteiger partial charge in [0.1, 0.15) is 4.88 Å². The first-order valence-electron chi connectivity index (χ1n) is 8.14. The van der Waals surface area contributed by atoms with Crippen molar-refractivity contribution in [1.29, 1.82) is 0 Å². The van der Waals surface area contributed by atoms with Crippen LogP contribution >= 0.6 is 11.5 Å². The van der Waals surface area contributed by atoms with Crippen LogP contribution in [0.3, 0.4) is 0 Å². The maximum atomic E-state index is 13.0. The lowest BCUT2D eigenvalue weighted by atomic mass is 10.1. The summed E-state index contributed by atoms with van der Waals surface area (Å²) in [6.45, 7) is 10.8. The van der Waals surface area contributed by atoms with E-state index in [0.29, 0.717) is 18.5 Å². The Kier molecular flexibility index (Phi) is 7.01. The van der Waals surface area contributed by atoms with E-state index in [1.54, 1.807) is 27.7 Å². The van der Waals surface area contributed by atoms with Gasteiger partial charge in [-0.1, -0.05) is 18.3 Å². The summed E-state index contributed by atoms with van der Waals surface area (Å²) in [5.41, 5.74) is -0.256. The number of aromatic nitrogens is 2. The summed E-state index contributed by atoms with van der Waals surface area (Å²) in [5, 5.41) is 6.11. The van der Waals surface area contributed by atoms with Crippen molar-refractivity contribution in [2.24, 2.45) is 0 Å². The summed E-state index contributed by atoms with van der Waals surface area (Å²) in [7, 11) is 0. The summed E-state index contributed by atoms with van der Waals surface area (Å²) in [5.74, 6) is -1.19. The first kappa shape index (κ1) is 20.2. The molecule has 7 nitrogen and oxygen atoms in total. The Morgan fingerprint density at radius 3 is 2.00 bits per heavy atom. The lowest BCUT2D eigenvalue weighted by molar-refractivity contribution is -0.167. The molecule has 0 aliphatic rings. The Labute approximate surface area is 147 Å². The first-order chi connectivity index (χ1) is 11.1. The van der Waals surface area contributed by atoms with E-state index >= 15 is 0 Å². The molecule has 0 bridgehead atoms. The third kappa shape index (κ3) is 4.59. The van der Waals surface area contributed by atoms with Crippen molar-refractivity contribution in [2.45, 2.75) is 72.8 Å². The normalized spacial score (nSPS) is 11.2. The summed E-state index contributed by atoms with van der Waals surface area (Å²) in [6.07, 6.45) is 1.67. The molecule has 1 aromatic rings. The van der Waals surface area contributed by atoms with Gasteiger partial charge >= 0.3 is 0 Å². The molecule has 0 aromatic carbocycles. The highest BCUT2D eigenvalue weighted by atomic mass is 32.1. The molecule has 3 amide bonds. The van der Waals surface area contributed by atoms with Gasteiger partial charge in [-0.3, -0.25) is 14.4 Å². The van der Waals surface area contributed by atoms with Crippen LogP contribution in [0.15, 0.2) is 0 Å². The van der Waals surface area contributed by atoms with Crippen LogP contribution in [0.25, 0.3) is 0 Å². The van der Waals surface area contributed by atoms with E-state index < -0.39 is 17.4 Å². The third-order valence-corrected chi connectivity index (χ3v) is 4.09. The van der Waals surface area contributed by atoms with Crippen molar-refractivity contribution >= 4 is 29.3 Å². The molecule has 0 N–H and O–H groups in total. The quantitative estimate of drug-likeness (QED) is 0.759. The minimum Gasteiger partial charge on any atom is -0.273 e. The monoisotopic (exact) mass is 354 g/mol. The van der Waals surface area contributed by atoms with Gasteiger partial charge < -0.3 is 0 Å². The average molecular weight is 354 g/mol. The van der Waals surface area contributed by atoms with Crippen LogP contribution < -0.4 is 0 Å². The van der Waals surface area contributed by atoms with E-state index in [4.69, 9.17) is 0 Å². The van der Waals surface area contributed by atoms with Gasteiger partial charge in [0, 0.05) is 12.8 Å². The smallest absolute Gasteiger partial charge is 0.273 e. The standard InChI is InChI=1S/C16H26N4O3S/c1-7-9-12(21)19(15(23)14-11(3)17-18-24-14)20(16(4,5)6)13(22)10-8-2/h7-10H2,1-6H3. The summed E-state index contributed by atoms with van der Waals surface area (Å²) in [4.78, 5) is 38.6. The van der Waals surface area contributed by atoms with Crippen LogP contribution in [0.2, 0.25) is 0 Å². The van der Waals surface area contributed by atoms with Gasteiger partial charge in [0.25, 0.3) is 5.91 Å². The van der Waals surface area contributed by atoms with Crippen LogP contribution in [0, 0.1) is 6.92 Å². The predicted molar refractivity (Wildman–Crippen MR) is 92.2 cm³/mol. The molecule has 0 fully saturated rings. The van der Waals surface area contributed by atoms with Crippen molar-refractivity contribution in [3.8, 4) is 0 Å². The van der Waals surface area contributed by atoms with E-state index in [0.717, 1.165) is 16.5 Å². The number of rotatable bonds is 5. The molecular weight excluding hydrogens is 328 g/mol. The molecule has 0 aliphatic carbocycles. The fourth-order valence-electron chi connectivity index (χ4n) is 2.26. The zero-order chi connectivity index (χ0) is 18.5. The zero-order valence-corrected chi connectivity index (χ0v) is 16.1. The number of hydrazine groups is 1. The van der Waals surface area contributed by atoms with Crippen LogP contribution in [0.4, 0.5) is 0 Å². The van der Waals surface area contributed by atoms with Gasteiger partial charge in [-0.2, -0.15) is 5.01 Å². The number of carbonyl (C=O) groups is 3. The SMILES string of the molecule is CCCC(=O)N(C(=O)c1snnc1C)N(C(=O)CCC)C(C)(C)C. The van der Waals surface area contributed by atoms with Gasteiger partial charge in [-0.25, -0.2) is 5.01 Å². The first-order valence-corrected chi connectivity index (χ1v) is 8.91. The fourth-order valence-corrected chi connectivity index (χ4v) is 2.85. The molecule has 1 rings (SSSR count). The topological polar surface area (TPSA) is 83.5 Å². The fraction of sp³-hybridized carbons (Fsp3) is 0.688. The summed E-state index contributed by atoms with van der Waals surface area (Å²) < 4.78 is 3.76. The van der Waals surface area contributed by atoms with Crippen molar-refractivity contribution in [3.05, 3.63) is 10.6 Å². The molecular formula is C16H26N4O3S. The van der Waals surface area contributed by atoms with E-state index in [1.165, 1.54) is 5.01 Å². The van der Waals surface area contributed by atoms with Crippen LogP contribution in [-0.2, 0) is 9.59 Å². The Balaban J connectivity index is 3.38. The van der Waals surface area contributed by atoms with Crippen molar-refractivity contribution < 1.29 is 14.4 Å². The highest BCUT2D eigenvalue weighted by molar-refractivity contribution is 7.08. The average Bonchev–Trinajstić information content (AvgIpc) is 2.89. The zero-order valence-electron chi connectivity index (χ0n) is 15.3. The van der Waals surface area contributed by atoms with Crippen molar-refractivity contribution in [2.75, 3.05) is 0 Å². The van der Waals surface area contributed by atoms with Gasteiger partial charge in [0.05, 0.1) is 11.2 Å². The van der Waals surface area contributed by atoms with Crippen molar-refractivity contribution in [1.82, 2.24) is 19.6 Å². The molecule has 0 atom stereocenters. The van der Waals surface area contributed by atoms with Gasteiger partial charge in [0.15, 0.2) is 0 Å². The molecule has 1 aromatic heterocycles. The lowest BCUT2D eigenvalue weighted by Crippen LogP contribution is -2.60. The number of carbonyl (C=O) groups excluding carboxylic acids is 3. The largest absolute Gasteiger partial charge is 0.293 e. The highest BCUT2D eigenvalue weighted by Crippen LogP contribution is 2.24. The number of imide groups is 1. The highest BCUT2D eigenvalue weighted by Gasteiger charge is 2.39. The van der Waals surface area contributed by atoms with Gasteiger partial charge in [-0.05, 0) is 52.1 Å². The van der Waals surface area contributed by atoms with Crippen LogP contribution in [0.1, 0.15) is 75.7 Å². The number of hydrogen-bond donors (Lipinski definition) is 0. The Morgan fingerprint density at radius 1 is 1.04 bits per heavy atom. The molecule has 0 saturated carbocycles. The second-order valence-corrected chi connectivity index (χ2v) is 7.33. The number of aryl methyl sites for hydroxylation is 1. The number of amides is 3. The third-order valence-electron chi connectivity index (χ3n) is 3.27. The molecule has 0 spiro atoms. The Morgan fingerprint density at radius 2 is 1.58 bits per heavy atom. The maximum absolute atomic E-state index is 13.0. The molecule has 0 unspecified atom stereocenters. The summed E-state index contributed by atoms with van der Waals surface area (Å²) >= 11 is 0.932. The van der Waals surface area contributed by atoms with Gasteiger partial charge in [-0.15, -0.1) is 5.10 Å². The summed E-state index contributed by atoms with van der Waals surface area (Å²) in [6, 6.07) is 0. The molecule has 8 heteroatoms. The minimum atomic E-state index is -0.711. The van der Waals surface area contributed by atoms with Crippen molar-refractivity contribution in [3.63, 3.8) is 0 Å². The second-order valence-electron chi connectivity index (χ2n) is 6.57. The molecule has 24 heavy (non-hydrogen) atoms. The Bertz CT molecular complexity index is 607. The lowest BCUT2D eigenvalue weighted by Gasteiger charge is -2.42. The van der Waals surface area contributed by atoms with Crippen LogP contribution in [-0.4, -0.2) is 42.9 Å². The van der Waals surface area contributed by atoms with E-state index in [2.05, 4.69) is 9.59 Å². The van der Waals surface area contributed by atoms with Crippen LogP contribution in [0.5, 0.6) is 0 Å².